The monoisotopic (exact) mass is 407 g/mol. The van der Waals surface area contributed by atoms with Gasteiger partial charge in [0.25, 0.3) is 5.91 Å². The quantitative estimate of drug-likeness (QED) is 0.691. The maximum atomic E-state index is 13.2. The number of benzene rings is 1. The zero-order chi connectivity index (χ0) is 21.1. The third-order valence-corrected chi connectivity index (χ3v) is 5.27. The Morgan fingerprint density at radius 3 is 2.93 bits per heavy atom. The summed E-state index contributed by atoms with van der Waals surface area (Å²) < 4.78 is 11.5. The highest BCUT2D eigenvalue weighted by Gasteiger charge is 2.33. The lowest BCUT2D eigenvalue weighted by Gasteiger charge is -2.33. The van der Waals surface area contributed by atoms with Crippen LogP contribution in [-0.4, -0.2) is 39.4 Å². The van der Waals surface area contributed by atoms with Gasteiger partial charge in [0.2, 0.25) is 11.8 Å². The Hall–Kier alpha value is -3.42. The van der Waals surface area contributed by atoms with Gasteiger partial charge in [-0.2, -0.15) is 0 Å². The predicted molar refractivity (Wildman–Crippen MR) is 111 cm³/mol. The molecule has 1 aromatic carbocycles. The van der Waals surface area contributed by atoms with Gasteiger partial charge in [0, 0.05) is 24.2 Å². The lowest BCUT2D eigenvalue weighted by molar-refractivity contribution is 0.0564. The Bertz CT molecular complexity index is 1030. The molecule has 8 nitrogen and oxygen atoms in total. The van der Waals surface area contributed by atoms with Crippen LogP contribution in [0.5, 0.6) is 5.75 Å². The molecule has 1 atom stereocenters. The zero-order valence-corrected chi connectivity index (χ0v) is 17.2. The summed E-state index contributed by atoms with van der Waals surface area (Å²) in [5.74, 6) is 2.01. The maximum absolute atomic E-state index is 13.2. The molecule has 2 N–H and O–H groups in total. The number of oxazole rings is 1. The number of ether oxygens (including phenoxy) is 1. The average molecular weight is 407 g/mol. The highest BCUT2D eigenvalue weighted by atomic mass is 16.5. The molecule has 3 aromatic rings. The summed E-state index contributed by atoms with van der Waals surface area (Å²) >= 11 is 0. The van der Waals surface area contributed by atoms with Crippen LogP contribution in [0.25, 0.3) is 0 Å². The number of rotatable bonds is 5. The molecular formula is C22H25N5O3. The van der Waals surface area contributed by atoms with E-state index in [1.165, 1.54) is 0 Å². The van der Waals surface area contributed by atoms with E-state index in [1.807, 2.05) is 24.3 Å². The Morgan fingerprint density at radius 2 is 2.13 bits per heavy atom. The first-order chi connectivity index (χ1) is 14.5. The van der Waals surface area contributed by atoms with E-state index in [0.717, 1.165) is 36.3 Å². The molecule has 0 saturated carbocycles. The third kappa shape index (κ3) is 4.12. The van der Waals surface area contributed by atoms with Crippen LogP contribution in [0, 0.1) is 6.92 Å². The van der Waals surface area contributed by atoms with Crippen LogP contribution < -0.4 is 10.5 Å². The van der Waals surface area contributed by atoms with Gasteiger partial charge in [-0.3, -0.25) is 4.79 Å². The van der Waals surface area contributed by atoms with E-state index in [1.54, 1.807) is 31.2 Å². The molecule has 0 unspecified atom stereocenters. The first-order valence-corrected chi connectivity index (χ1v) is 10.0. The Balaban J connectivity index is 1.57. The molecule has 2 aromatic heterocycles. The van der Waals surface area contributed by atoms with Crippen LogP contribution >= 0.6 is 0 Å². The lowest BCUT2D eigenvalue weighted by atomic mass is 10.0. The highest BCUT2D eigenvalue weighted by molar-refractivity contribution is 5.93. The molecule has 156 valence electrons. The van der Waals surface area contributed by atoms with Crippen molar-refractivity contribution in [2.75, 3.05) is 19.4 Å². The van der Waals surface area contributed by atoms with Crippen LogP contribution in [0.2, 0.25) is 0 Å². The molecule has 1 amide bonds. The number of nitrogens with zero attached hydrogens (tertiary/aromatic N) is 4. The third-order valence-electron chi connectivity index (χ3n) is 5.27. The van der Waals surface area contributed by atoms with Crippen LogP contribution in [0.3, 0.4) is 0 Å². The molecule has 0 aliphatic carbocycles. The van der Waals surface area contributed by atoms with Gasteiger partial charge < -0.3 is 19.8 Å². The van der Waals surface area contributed by atoms with Gasteiger partial charge in [0.1, 0.15) is 23.2 Å². The van der Waals surface area contributed by atoms with Crippen molar-refractivity contribution in [3.8, 4) is 5.75 Å². The van der Waals surface area contributed by atoms with E-state index in [2.05, 4.69) is 15.0 Å². The summed E-state index contributed by atoms with van der Waals surface area (Å²) in [7, 11) is 1.65. The Labute approximate surface area is 175 Å². The van der Waals surface area contributed by atoms with Crippen LogP contribution in [0.4, 0.5) is 5.95 Å². The van der Waals surface area contributed by atoms with Crippen molar-refractivity contribution in [3.63, 3.8) is 0 Å². The van der Waals surface area contributed by atoms with Gasteiger partial charge in [-0.1, -0.05) is 18.2 Å². The Morgan fingerprint density at radius 1 is 1.30 bits per heavy atom. The number of hydrogen-bond donors (Lipinski definition) is 1. The van der Waals surface area contributed by atoms with E-state index >= 15 is 0 Å². The fourth-order valence-corrected chi connectivity index (χ4v) is 3.87. The maximum Gasteiger partial charge on any atom is 0.273 e. The second-order valence-electron chi connectivity index (χ2n) is 7.42. The molecule has 8 heteroatoms. The number of amides is 1. The molecule has 1 aliphatic heterocycles. The van der Waals surface area contributed by atoms with Crippen molar-refractivity contribution in [1.82, 2.24) is 19.9 Å². The van der Waals surface area contributed by atoms with Crippen molar-refractivity contribution in [2.24, 2.45) is 0 Å². The topological polar surface area (TPSA) is 107 Å². The number of carbonyl (C=O) groups excluding carboxylic acids is 1. The molecule has 1 aliphatic rings. The molecule has 0 spiro atoms. The number of anilines is 1. The van der Waals surface area contributed by atoms with Crippen molar-refractivity contribution in [2.45, 2.75) is 38.6 Å². The van der Waals surface area contributed by atoms with Gasteiger partial charge in [0.15, 0.2) is 0 Å². The second kappa shape index (κ2) is 8.52. The second-order valence-corrected chi connectivity index (χ2v) is 7.42. The summed E-state index contributed by atoms with van der Waals surface area (Å²) in [6, 6.07) is 9.25. The summed E-state index contributed by atoms with van der Waals surface area (Å²) in [6.07, 6.45) is 5.02. The number of likely N-dealkylation sites (tertiary alicyclic amines) is 1. The number of nitrogens with two attached hydrogens (primary N) is 1. The number of nitrogen functional groups attached to an aromatic ring is 1. The van der Waals surface area contributed by atoms with Gasteiger partial charge in [-0.05, 0) is 38.3 Å². The fraction of sp³-hybridized carbons (Fsp3) is 0.364. The number of hydrogen-bond acceptors (Lipinski definition) is 7. The van der Waals surface area contributed by atoms with Gasteiger partial charge >= 0.3 is 0 Å². The van der Waals surface area contributed by atoms with Gasteiger partial charge in [0.05, 0.1) is 13.3 Å². The predicted octanol–water partition coefficient (Wildman–Crippen LogP) is 3.32. The number of carbonyl (C=O) groups is 1. The molecule has 1 fully saturated rings. The molecular weight excluding hydrogens is 382 g/mol. The van der Waals surface area contributed by atoms with E-state index in [0.29, 0.717) is 30.2 Å². The van der Waals surface area contributed by atoms with Crippen molar-refractivity contribution in [1.29, 1.82) is 0 Å². The minimum atomic E-state index is -0.228. The van der Waals surface area contributed by atoms with Gasteiger partial charge in [-0.15, -0.1) is 0 Å². The molecule has 30 heavy (non-hydrogen) atoms. The SMILES string of the molecule is COc1ccccc1Cc1cnc([C@H]2CCCCN2C(=O)c2cc(C)nc(N)n2)o1. The minimum Gasteiger partial charge on any atom is -0.496 e. The molecule has 1 saturated heterocycles. The van der Waals surface area contributed by atoms with Crippen molar-refractivity contribution >= 4 is 11.9 Å². The smallest absolute Gasteiger partial charge is 0.273 e. The number of aryl methyl sites for hydroxylation is 1. The van der Waals surface area contributed by atoms with Gasteiger partial charge in [-0.25, -0.2) is 15.0 Å². The highest BCUT2D eigenvalue weighted by Crippen LogP contribution is 2.32. The van der Waals surface area contributed by atoms with E-state index in [4.69, 9.17) is 14.9 Å². The summed E-state index contributed by atoms with van der Waals surface area (Å²) in [6.45, 7) is 2.41. The van der Waals surface area contributed by atoms with Crippen LogP contribution in [-0.2, 0) is 6.42 Å². The van der Waals surface area contributed by atoms with E-state index < -0.39 is 0 Å². The summed E-state index contributed by atoms with van der Waals surface area (Å²) in [5, 5.41) is 0. The van der Waals surface area contributed by atoms with Crippen molar-refractivity contribution < 1.29 is 13.9 Å². The first-order valence-electron chi connectivity index (χ1n) is 10.0. The number of aromatic nitrogens is 3. The average Bonchev–Trinajstić information content (AvgIpc) is 3.21. The van der Waals surface area contributed by atoms with Crippen LogP contribution in [0.15, 0.2) is 40.9 Å². The van der Waals surface area contributed by atoms with Crippen LogP contribution in [0.1, 0.15) is 58.7 Å². The number of para-hydroxylation sites is 1. The number of piperidine rings is 1. The first kappa shape index (κ1) is 19.9. The summed E-state index contributed by atoms with van der Waals surface area (Å²) in [5.41, 5.74) is 7.72. The molecule has 0 bridgehead atoms. The molecule has 3 heterocycles. The molecule has 4 rings (SSSR count). The van der Waals surface area contributed by atoms with E-state index in [9.17, 15) is 4.79 Å². The largest absolute Gasteiger partial charge is 0.496 e. The number of methoxy groups -OCH3 is 1. The summed E-state index contributed by atoms with van der Waals surface area (Å²) in [4.78, 5) is 27.6. The normalized spacial score (nSPS) is 16.5. The lowest BCUT2D eigenvalue weighted by Crippen LogP contribution is -2.39. The molecule has 0 radical (unpaired) electrons. The standard InChI is InChI=1S/C22H25N5O3/c1-14-11-17(26-22(23)25-14)21(28)27-10-6-5-8-18(27)20-24-13-16(30-20)12-15-7-3-4-9-19(15)29-2/h3-4,7,9,11,13,18H,5-6,8,10,12H2,1-2H3,(H2,23,25,26)/t18-/m1/s1. The minimum absolute atomic E-state index is 0.0992. The fourth-order valence-electron chi connectivity index (χ4n) is 3.87. The Kier molecular flexibility index (Phi) is 5.65. The van der Waals surface area contributed by atoms with E-state index in [-0.39, 0.29) is 17.9 Å². The van der Waals surface area contributed by atoms with Crippen molar-refractivity contribution in [3.05, 3.63) is 65.1 Å². The zero-order valence-electron chi connectivity index (χ0n) is 17.2.